The van der Waals surface area contributed by atoms with Crippen LogP contribution in [0.1, 0.15) is 17.4 Å². The molecule has 0 aliphatic heterocycles. The maximum absolute atomic E-state index is 11.4. The van der Waals surface area contributed by atoms with Crippen molar-refractivity contribution in [1.82, 2.24) is 4.98 Å². The van der Waals surface area contributed by atoms with Crippen LogP contribution in [0.4, 0.5) is 0 Å². The number of aliphatic hydroxyl groups excluding tert-OH is 1. The van der Waals surface area contributed by atoms with Crippen LogP contribution in [0.2, 0.25) is 0 Å². The number of aliphatic hydroxyl groups is 1. The first kappa shape index (κ1) is 14.9. The molecule has 4 heteroatoms. The van der Waals surface area contributed by atoms with Crippen molar-refractivity contribution in [2.75, 3.05) is 7.11 Å². The van der Waals surface area contributed by atoms with Gasteiger partial charge < -0.3 is 9.84 Å². The molecular weight excluding hydrogens is 266 g/mol. The van der Waals surface area contributed by atoms with Crippen molar-refractivity contribution in [3.05, 3.63) is 66.0 Å². The molecule has 0 saturated carbocycles. The molecule has 0 bridgehead atoms. The predicted molar refractivity (Wildman–Crippen MR) is 80.5 cm³/mol. The van der Waals surface area contributed by atoms with Crippen LogP contribution in [0.5, 0.6) is 0 Å². The molecule has 1 atom stereocenters. The van der Waals surface area contributed by atoms with Crippen molar-refractivity contribution in [1.29, 1.82) is 0 Å². The number of benzene rings is 1. The minimum absolute atomic E-state index is 0.0337. The zero-order chi connectivity index (χ0) is 15.4. The average molecular weight is 283 g/mol. The standard InChI is InChI=1S/C17H17NO3/c1-11-6-4-5-7-14(11)13-8-9-15(18-10-13)16(19)12(2)17(20)21-3/h4-10,16,19H,2H2,1,3H3. The lowest BCUT2D eigenvalue weighted by Gasteiger charge is -2.12. The summed E-state index contributed by atoms with van der Waals surface area (Å²) in [5, 5.41) is 10.0. The van der Waals surface area contributed by atoms with E-state index in [1.165, 1.54) is 7.11 Å². The van der Waals surface area contributed by atoms with Crippen LogP contribution in [-0.2, 0) is 9.53 Å². The minimum atomic E-state index is -1.16. The van der Waals surface area contributed by atoms with E-state index in [1.807, 2.05) is 37.3 Å². The lowest BCUT2D eigenvalue weighted by Crippen LogP contribution is -2.13. The lowest BCUT2D eigenvalue weighted by atomic mass is 10.0. The van der Waals surface area contributed by atoms with Gasteiger partial charge in [0.25, 0.3) is 0 Å². The Kier molecular flexibility index (Phi) is 4.50. The first-order valence-corrected chi connectivity index (χ1v) is 6.51. The summed E-state index contributed by atoms with van der Waals surface area (Å²) < 4.78 is 4.54. The number of aryl methyl sites for hydroxylation is 1. The lowest BCUT2D eigenvalue weighted by molar-refractivity contribution is -0.137. The molecule has 0 saturated heterocycles. The quantitative estimate of drug-likeness (QED) is 0.692. The Hall–Kier alpha value is -2.46. The molecular formula is C17H17NO3. The fourth-order valence-corrected chi connectivity index (χ4v) is 2.04. The molecule has 1 unspecified atom stereocenters. The normalized spacial score (nSPS) is 11.8. The molecule has 108 valence electrons. The van der Waals surface area contributed by atoms with E-state index >= 15 is 0 Å². The summed E-state index contributed by atoms with van der Waals surface area (Å²) in [7, 11) is 1.24. The molecule has 1 N–H and O–H groups in total. The van der Waals surface area contributed by atoms with Gasteiger partial charge in [0.15, 0.2) is 0 Å². The third-order valence-electron chi connectivity index (χ3n) is 3.30. The number of rotatable bonds is 4. The Morgan fingerprint density at radius 1 is 1.29 bits per heavy atom. The molecule has 0 radical (unpaired) electrons. The van der Waals surface area contributed by atoms with Gasteiger partial charge in [-0.3, -0.25) is 4.98 Å². The number of hydrogen-bond acceptors (Lipinski definition) is 4. The maximum Gasteiger partial charge on any atom is 0.336 e. The summed E-state index contributed by atoms with van der Waals surface area (Å²) in [4.78, 5) is 15.6. The van der Waals surface area contributed by atoms with Crippen molar-refractivity contribution < 1.29 is 14.6 Å². The van der Waals surface area contributed by atoms with E-state index in [9.17, 15) is 9.90 Å². The molecule has 0 amide bonds. The Morgan fingerprint density at radius 3 is 2.57 bits per heavy atom. The van der Waals surface area contributed by atoms with E-state index in [4.69, 9.17) is 0 Å². The third kappa shape index (κ3) is 3.17. The van der Waals surface area contributed by atoms with Gasteiger partial charge in [-0.1, -0.05) is 36.9 Å². The van der Waals surface area contributed by atoms with Gasteiger partial charge in [-0.05, 0) is 24.1 Å². The largest absolute Gasteiger partial charge is 0.466 e. The van der Waals surface area contributed by atoms with E-state index in [1.54, 1.807) is 12.3 Å². The first-order valence-electron chi connectivity index (χ1n) is 6.51. The van der Waals surface area contributed by atoms with Gasteiger partial charge in [-0.2, -0.15) is 0 Å². The fourth-order valence-electron chi connectivity index (χ4n) is 2.04. The molecule has 0 fully saturated rings. The Morgan fingerprint density at radius 2 is 2.00 bits per heavy atom. The number of nitrogens with zero attached hydrogens (tertiary/aromatic N) is 1. The molecule has 1 aromatic carbocycles. The number of methoxy groups -OCH3 is 1. The van der Waals surface area contributed by atoms with E-state index in [0.717, 1.165) is 16.7 Å². The summed E-state index contributed by atoms with van der Waals surface area (Å²) in [6.07, 6.45) is 0.509. The Labute approximate surface area is 123 Å². The molecule has 1 aromatic heterocycles. The van der Waals surface area contributed by atoms with Crippen molar-refractivity contribution in [2.24, 2.45) is 0 Å². The van der Waals surface area contributed by atoms with Crippen LogP contribution in [0.3, 0.4) is 0 Å². The number of carbonyl (C=O) groups excluding carboxylic acids is 1. The van der Waals surface area contributed by atoms with E-state index in [2.05, 4.69) is 16.3 Å². The molecule has 2 rings (SSSR count). The number of ether oxygens (including phenoxy) is 1. The summed E-state index contributed by atoms with van der Waals surface area (Å²) >= 11 is 0. The second-order valence-electron chi connectivity index (χ2n) is 4.71. The maximum atomic E-state index is 11.4. The van der Waals surface area contributed by atoms with Crippen molar-refractivity contribution in [3.8, 4) is 11.1 Å². The predicted octanol–water partition coefficient (Wildman–Crippen LogP) is 2.82. The highest BCUT2D eigenvalue weighted by atomic mass is 16.5. The van der Waals surface area contributed by atoms with Crippen LogP contribution in [0.25, 0.3) is 11.1 Å². The molecule has 1 heterocycles. The number of carbonyl (C=O) groups is 1. The smallest absolute Gasteiger partial charge is 0.336 e. The molecule has 0 spiro atoms. The van der Waals surface area contributed by atoms with Gasteiger partial charge >= 0.3 is 5.97 Å². The second kappa shape index (κ2) is 6.33. The zero-order valence-electron chi connectivity index (χ0n) is 12.0. The van der Waals surface area contributed by atoms with Crippen LogP contribution in [0.15, 0.2) is 54.7 Å². The van der Waals surface area contributed by atoms with Gasteiger partial charge in [-0.25, -0.2) is 4.79 Å². The van der Waals surface area contributed by atoms with Crippen LogP contribution < -0.4 is 0 Å². The third-order valence-corrected chi connectivity index (χ3v) is 3.30. The van der Waals surface area contributed by atoms with Gasteiger partial charge in [0.05, 0.1) is 18.4 Å². The molecule has 2 aromatic rings. The first-order chi connectivity index (χ1) is 10.0. The number of pyridine rings is 1. The average Bonchev–Trinajstić information content (AvgIpc) is 2.53. The highest BCUT2D eigenvalue weighted by molar-refractivity contribution is 5.88. The van der Waals surface area contributed by atoms with Crippen LogP contribution >= 0.6 is 0 Å². The summed E-state index contributed by atoms with van der Waals surface area (Å²) in [5.74, 6) is -0.646. The topological polar surface area (TPSA) is 59.4 Å². The summed E-state index contributed by atoms with van der Waals surface area (Å²) in [6, 6.07) is 11.5. The van der Waals surface area contributed by atoms with Crippen molar-refractivity contribution in [2.45, 2.75) is 13.0 Å². The number of esters is 1. The summed E-state index contributed by atoms with van der Waals surface area (Å²) in [5.41, 5.74) is 3.51. The fraction of sp³-hybridized carbons (Fsp3) is 0.176. The molecule has 0 aliphatic rings. The number of aromatic nitrogens is 1. The van der Waals surface area contributed by atoms with Crippen molar-refractivity contribution in [3.63, 3.8) is 0 Å². The number of hydrogen-bond donors (Lipinski definition) is 1. The van der Waals surface area contributed by atoms with Crippen LogP contribution in [-0.4, -0.2) is 23.2 Å². The van der Waals surface area contributed by atoms with Crippen molar-refractivity contribution >= 4 is 5.97 Å². The molecule has 21 heavy (non-hydrogen) atoms. The van der Waals surface area contributed by atoms with E-state index in [-0.39, 0.29) is 5.57 Å². The van der Waals surface area contributed by atoms with Gasteiger partial charge in [0, 0.05) is 11.8 Å². The Bertz CT molecular complexity index is 662. The highest BCUT2D eigenvalue weighted by Gasteiger charge is 2.20. The highest BCUT2D eigenvalue weighted by Crippen LogP contribution is 2.25. The van der Waals surface area contributed by atoms with E-state index in [0.29, 0.717) is 5.69 Å². The van der Waals surface area contributed by atoms with E-state index < -0.39 is 12.1 Å². The minimum Gasteiger partial charge on any atom is -0.466 e. The van der Waals surface area contributed by atoms with Gasteiger partial charge in [0.1, 0.15) is 6.10 Å². The van der Waals surface area contributed by atoms with Crippen LogP contribution in [0, 0.1) is 6.92 Å². The summed E-state index contributed by atoms with van der Waals surface area (Å²) in [6.45, 7) is 5.56. The SMILES string of the molecule is C=C(C(=O)OC)C(O)c1ccc(-c2ccccc2C)cn1. The Balaban J connectivity index is 2.25. The second-order valence-corrected chi connectivity index (χ2v) is 4.71. The monoisotopic (exact) mass is 283 g/mol. The molecule has 4 nitrogen and oxygen atoms in total. The van der Waals surface area contributed by atoms with Gasteiger partial charge in [-0.15, -0.1) is 0 Å². The molecule has 0 aliphatic carbocycles. The van der Waals surface area contributed by atoms with Gasteiger partial charge in [0.2, 0.25) is 0 Å². The zero-order valence-corrected chi connectivity index (χ0v) is 12.0.